The van der Waals surface area contributed by atoms with Gasteiger partial charge in [0.1, 0.15) is 0 Å². The molecular weight excluding hydrogens is 190 g/mol. The van der Waals surface area contributed by atoms with Crippen LogP contribution in [-0.2, 0) is 4.79 Å². The van der Waals surface area contributed by atoms with Crippen LogP contribution in [0.5, 0.6) is 0 Å². The standard InChI is InChI=1S/C11H21N3O/c1-9-8-13(2)5-6-14(9)11(15)10-3-4-12-7-10/h9-10,12H,3-8H2,1-2H3. The molecular formula is C11H21N3O. The highest BCUT2D eigenvalue weighted by atomic mass is 16.2. The van der Waals surface area contributed by atoms with Crippen molar-refractivity contribution in [3.05, 3.63) is 0 Å². The van der Waals surface area contributed by atoms with Crippen LogP contribution in [0, 0.1) is 5.92 Å². The van der Waals surface area contributed by atoms with Crippen molar-refractivity contribution in [3.63, 3.8) is 0 Å². The van der Waals surface area contributed by atoms with Crippen LogP contribution < -0.4 is 5.32 Å². The van der Waals surface area contributed by atoms with Crippen molar-refractivity contribution < 1.29 is 4.79 Å². The van der Waals surface area contributed by atoms with E-state index in [-0.39, 0.29) is 5.92 Å². The van der Waals surface area contributed by atoms with Crippen molar-refractivity contribution in [1.29, 1.82) is 0 Å². The highest BCUT2D eigenvalue weighted by molar-refractivity contribution is 5.79. The highest BCUT2D eigenvalue weighted by Gasteiger charge is 2.31. The lowest BCUT2D eigenvalue weighted by atomic mass is 10.0. The number of hydrogen-bond donors (Lipinski definition) is 1. The molecule has 1 amide bonds. The third-order valence-electron chi connectivity index (χ3n) is 3.52. The maximum absolute atomic E-state index is 12.2. The van der Waals surface area contributed by atoms with Gasteiger partial charge in [0.25, 0.3) is 0 Å². The van der Waals surface area contributed by atoms with Gasteiger partial charge in [0.15, 0.2) is 0 Å². The number of hydrogen-bond acceptors (Lipinski definition) is 3. The minimum Gasteiger partial charge on any atom is -0.337 e. The number of likely N-dealkylation sites (N-methyl/N-ethyl adjacent to an activating group) is 1. The fraction of sp³-hybridized carbons (Fsp3) is 0.909. The van der Waals surface area contributed by atoms with Crippen molar-refractivity contribution in [3.8, 4) is 0 Å². The molecule has 2 saturated heterocycles. The molecule has 2 aliphatic rings. The Morgan fingerprint density at radius 3 is 2.80 bits per heavy atom. The second-order valence-corrected chi connectivity index (χ2v) is 4.83. The summed E-state index contributed by atoms with van der Waals surface area (Å²) in [4.78, 5) is 16.5. The minimum atomic E-state index is 0.232. The SMILES string of the molecule is CC1CN(C)CCN1C(=O)C1CCNC1. The third kappa shape index (κ3) is 2.32. The van der Waals surface area contributed by atoms with E-state index in [1.165, 1.54) is 0 Å². The van der Waals surface area contributed by atoms with E-state index in [9.17, 15) is 4.79 Å². The fourth-order valence-corrected chi connectivity index (χ4v) is 2.57. The van der Waals surface area contributed by atoms with Crippen molar-refractivity contribution in [2.75, 3.05) is 39.8 Å². The summed E-state index contributed by atoms with van der Waals surface area (Å²) in [6.07, 6.45) is 1.01. The summed E-state index contributed by atoms with van der Waals surface area (Å²) in [7, 11) is 2.12. The Kier molecular flexibility index (Phi) is 3.26. The fourth-order valence-electron chi connectivity index (χ4n) is 2.57. The maximum atomic E-state index is 12.2. The molecule has 4 nitrogen and oxygen atoms in total. The van der Waals surface area contributed by atoms with Crippen LogP contribution in [0.15, 0.2) is 0 Å². The lowest BCUT2D eigenvalue weighted by molar-refractivity contribution is -0.139. The van der Waals surface area contributed by atoms with Crippen molar-refractivity contribution in [1.82, 2.24) is 15.1 Å². The van der Waals surface area contributed by atoms with Gasteiger partial charge < -0.3 is 15.1 Å². The van der Waals surface area contributed by atoms with Gasteiger partial charge in [-0.1, -0.05) is 0 Å². The maximum Gasteiger partial charge on any atom is 0.227 e. The zero-order valence-electron chi connectivity index (χ0n) is 9.70. The Labute approximate surface area is 91.6 Å². The van der Waals surface area contributed by atoms with Gasteiger partial charge in [0, 0.05) is 32.2 Å². The number of rotatable bonds is 1. The number of nitrogens with zero attached hydrogens (tertiary/aromatic N) is 2. The summed E-state index contributed by atoms with van der Waals surface area (Å²) < 4.78 is 0. The van der Waals surface area contributed by atoms with Crippen LogP contribution in [-0.4, -0.2) is 61.5 Å². The van der Waals surface area contributed by atoms with Gasteiger partial charge in [0.05, 0.1) is 5.92 Å². The van der Waals surface area contributed by atoms with E-state index in [2.05, 4.69) is 29.1 Å². The first kappa shape index (κ1) is 10.9. The van der Waals surface area contributed by atoms with E-state index in [1.807, 2.05) is 0 Å². The molecule has 0 aliphatic carbocycles. The van der Waals surface area contributed by atoms with E-state index in [0.29, 0.717) is 11.9 Å². The predicted octanol–water partition coefficient (Wildman–Crippen LogP) is -0.242. The molecule has 4 heteroatoms. The molecule has 0 radical (unpaired) electrons. The molecule has 2 rings (SSSR count). The first-order valence-corrected chi connectivity index (χ1v) is 5.88. The predicted molar refractivity (Wildman–Crippen MR) is 59.6 cm³/mol. The van der Waals surface area contributed by atoms with Crippen LogP contribution in [0.4, 0.5) is 0 Å². The van der Waals surface area contributed by atoms with E-state index < -0.39 is 0 Å². The number of amides is 1. The van der Waals surface area contributed by atoms with Gasteiger partial charge in [-0.15, -0.1) is 0 Å². The van der Waals surface area contributed by atoms with E-state index in [1.54, 1.807) is 0 Å². The van der Waals surface area contributed by atoms with Gasteiger partial charge in [-0.2, -0.15) is 0 Å². The molecule has 1 N–H and O–H groups in total. The molecule has 2 fully saturated rings. The molecule has 0 aromatic carbocycles. The quantitative estimate of drug-likeness (QED) is 0.650. The topological polar surface area (TPSA) is 35.6 Å². The summed E-state index contributed by atoms with van der Waals surface area (Å²) in [5, 5.41) is 3.26. The van der Waals surface area contributed by atoms with Gasteiger partial charge >= 0.3 is 0 Å². The Hall–Kier alpha value is -0.610. The summed E-state index contributed by atoms with van der Waals surface area (Å²) in [6, 6.07) is 0.372. The second-order valence-electron chi connectivity index (χ2n) is 4.83. The summed E-state index contributed by atoms with van der Waals surface area (Å²) in [6.45, 7) is 6.93. The van der Waals surface area contributed by atoms with Crippen molar-refractivity contribution >= 4 is 5.91 Å². The van der Waals surface area contributed by atoms with Crippen LogP contribution >= 0.6 is 0 Å². The van der Waals surface area contributed by atoms with Crippen LogP contribution in [0.1, 0.15) is 13.3 Å². The van der Waals surface area contributed by atoms with E-state index in [0.717, 1.165) is 39.1 Å². The number of piperazine rings is 1. The van der Waals surface area contributed by atoms with Gasteiger partial charge in [0.2, 0.25) is 5.91 Å². The average Bonchev–Trinajstić information content (AvgIpc) is 2.69. The Balaban J connectivity index is 1.94. The van der Waals surface area contributed by atoms with E-state index in [4.69, 9.17) is 0 Å². The van der Waals surface area contributed by atoms with Crippen molar-refractivity contribution in [2.24, 2.45) is 5.92 Å². The average molecular weight is 211 g/mol. The van der Waals surface area contributed by atoms with Crippen molar-refractivity contribution in [2.45, 2.75) is 19.4 Å². The zero-order valence-corrected chi connectivity index (χ0v) is 9.70. The lowest BCUT2D eigenvalue weighted by Gasteiger charge is -2.39. The summed E-state index contributed by atoms with van der Waals surface area (Å²) in [5.41, 5.74) is 0. The Bertz CT molecular complexity index is 238. The van der Waals surface area contributed by atoms with Crippen LogP contribution in [0.3, 0.4) is 0 Å². The number of carbonyl (C=O) groups excluding carboxylic acids is 1. The van der Waals surface area contributed by atoms with Crippen LogP contribution in [0.25, 0.3) is 0 Å². The Morgan fingerprint density at radius 1 is 1.40 bits per heavy atom. The first-order chi connectivity index (χ1) is 7.18. The molecule has 2 unspecified atom stereocenters. The largest absolute Gasteiger partial charge is 0.337 e. The number of carbonyl (C=O) groups is 1. The summed E-state index contributed by atoms with van der Waals surface area (Å²) >= 11 is 0. The molecule has 0 saturated carbocycles. The van der Waals surface area contributed by atoms with E-state index >= 15 is 0 Å². The van der Waals surface area contributed by atoms with Gasteiger partial charge in [-0.05, 0) is 26.9 Å². The normalized spacial score (nSPS) is 33.3. The van der Waals surface area contributed by atoms with Gasteiger partial charge in [-0.25, -0.2) is 0 Å². The highest BCUT2D eigenvalue weighted by Crippen LogP contribution is 2.16. The first-order valence-electron chi connectivity index (χ1n) is 5.88. The molecule has 0 spiro atoms. The monoisotopic (exact) mass is 211 g/mol. The van der Waals surface area contributed by atoms with Crippen LogP contribution in [0.2, 0.25) is 0 Å². The molecule has 86 valence electrons. The third-order valence-corrected chi connectivity index (χ3v) is 3.52. The molecule has 0 aromatic rings. The molecule has 2 atom stereocenters. The molecule has 15 heavy (non-hydrogen) atoms. The summed E-state index contributed by atoms with van der Waals surface area (Å²) in [5.74, 6) is 0.594. The van der Waals surface area contributed by atoms with Gasteiger partial charge in [-0.3, -0.25) is 4.79 Å². The molecule has 0 bridgehead atoms. The molecule has 2 aliphatic heterocycles. The molecule has 0 aromatic heterocycles. The molecule has 2 heterocycles. The number of nitrogens with one attached hydrogen (secondary N) is 1. The zero-order chi connectivity index (χ0) is 10.8. The lowest BCUT2D eigenvalue weighted by Crippen LogP contribution is -2.54. The minimum absolute atomic E-state index is 0.232. The smallest absolute Gasteiger partial charge is 0.227 e. The second kappa shape index (κ2) is 4.49. The Morgan fingerprint density at radius 2 is 2.20 bits per heavy atom.